The first-order valence-electron chi connectivity index (χ1n) is 21.2. The fraction of sp³-hybridized carbons (Fsp3) is 0.605. The Morgan fingerprint density at radius 1 is 0.937 bits per heavy atom. The maximum absolute atomic E-state index is 14.3. The van der Waals surface area contributed by atoms with Crippen molar-refractivity contribution < 1.29 is 77.8 Å². The molecule has 1 aromatic heterocycles. The number of aliphatic hydroxyl groups is 5. The number of nitrogens with one attached hydrogen (secondary N) is 1. The minimum Gasteiger partial charge on any atom is -0.479 e. The molecule has 20 heteroatoms. The highest BCUT2D eigenvalue weighted by Gasteiger charge is 2.54. The van der Waals surface area contributed by atoms with Crippen molar-refractivity contribution in [1.82, 2.24) is 20.3 Å². The van der Waals surface area contributed by atoms with E-state index in [4.69, 9.17) is 28.4 Å². The second kappa shape index (κ2) is 22.0. The van der Waals surface area contributed by atoms with Crippen LogP contribution in [-0.4, -0.2) is 163 Å². The number of aromatic nitrogens is 3. The van der Waals surface area contributed by atoms with Crippen molar-refractivity contribution in [1.29, 1.82) is 0 Å². The van der Waals surface area contributed by atoms with Crippen molar-refractivity contribution in [3.8, 4) is 11.3 Å². The maximum Gasteiger partial charge on any atom is 0.338 e. The zero-order chi connectivity index (χ0) is 45.4. The number of carboxylic acids is 1. The molecule has 0 amide bonds. The van der Waals surface area contributed by atoms with Gasteiger partial charge in [0.25, 0.3) is 0 Å². The number of carbonyl (C=O) groups is 3. The van der Waals surface area contributed by atoms with Crippen LogP contribution in [0.5, 0.6) is 0 Å². The molecule has 0 spiro atoms. The number of rotatable bonds is 19. The van der Waals surface area contributed by atoms with Crippen molar-refractivity contribution in [2.45, 2.75) is 138 Å². The van der Waals surface area contributed by atoms with Crippen LogP contribution in [0.4, 0.5) is 4.39 Å². The Morgan fingerprint density at radius 3 is 2.38 bits per heavy atom. The van der Waals surface area contributed by atoms with Crippen LogP contribution in [-0.2, 0) is 38.0 Å². The van der Waals surface area contributed by atoms with E-state index in [0.29, 0.717) is 24.9 Å². The van der Waals surface area contributed by atoms with Gasteiger partial charge in [-0.25, -0.2) is 18.7 Å². The third kappa shape index (κ3) is 11.5. The molecule has 3 heterocycles. The van der Waals surface area contributed by atoms with Gasteiger partial charge in [0.05, 0.1) is 36.6 Å². The van der Waals surface area contributed by atoms with Crippen molar-refractivity contribution in [3.05, 3.63) is 72.2 Å². The van der Waals surface area contributed by atoms with Crippen molar-refractivity contribution in [2.24, 2.45) is 5.92 Å². The summed E-state index contributed by atoms with van der Waals surface area (Å²) < 4.78 is 53.0. The Hall–Kier alpha value is -4.32. The number of hydrogen-bond acceptors (Lipinski definition) is 17. The first-order chi connectivity index (χ1) is 30.2. The lowest BCUT2D eigenvalue weighted by Crippen LogP contribution is -2.64. The number of ether oxygens (including phenoxy) is 6. The van der Waals surface area contributed by atoms with Gasteiger partial charge < -0.3 is 64.4 Å². The summed E-state index contributed by atoms with van der Waals surface area (Å²) in [7, 11) is 1.76. The van der Waals surface area contributed by atoms with Crippen LogP contribution >= 0.6 is 0 Å². The van der Waals surface area contributed by atoms with Gasteiger partial charge in [-0.3, -0.25) is 4.79 Å². The number of aliphatic hydroxyl groups excluding tert-OH is 5. The highest BCUT2D eigenvalue weighted by Crippen LogP contribution is 2.42. The van der Waals surface area contributed by atoms with Gasteiger partial charge in [-0.15, -0.1) is 5.10 Å². The Morgan fingerprint density at radius 2 is 1.70 bits per heavy atom. The van der Waals surface area contributed by atoms with E-state index in [0.717, 1.165) is 0 Å². The molecule has 0 radical (unpaired) electrons. The van der Waals surface area contributed by atoms with Crippen LogP contribution in [0.15, 0.2) is 60.8 Å². The average Bonchev–Trinajstić information content (AvgIpc) is 3.77. The number of aliphatic carboxylic acids is 1. The molecule has 3 fully saturated rings. The SMILES string of the molecule is CCC[C@H](OC1C(OC(=O)c2ccccc2)[C@H](O[C@@H]2CC(C(=O)CCCNC)CC(n3cc(-c4cccc(F)c4)nn3)[C@H]2O[C@@H]2OC(C)[C@@H](O)[C@H](O)C2O)O[C@@H](CO)[C@@H]1O)C(=O)O. The normalized spacial score (nSPS) is 32.8. The fourth-order valence-corrected chi connectivity index (χ4v) is 8.23. The molecule has 2 aliphatic heterocycles. The maximum atomic E-state index is 14.3. The van der Waals surface area contributed by atoms with E-state index in [9.17, 15) is 49.4 Å². The average molecular weight is 889 g/mol. The predicted molar refractivity (Wildman–Crippen MR) is 216 cm³/mol. The summed E-state index contributed by atoms with van der Waals surface area (Å²) >= 11 is 0. The highest BCUT2D eigenvalue weighted by atomic mass is 19.1. The third-order valence-electron chi connectivity index (χ3n) is 11.7. The lowest BCUT2D eigenvalue weighted by molar-refractivity contribution is -0.348. The van der Waals surface area contributed by atoms with E-state index in [1.54, 1.807) is 38.2 Å². The molecular weight excluding hydrogens is 831 g/mol. The quantitative estimate of drug-likeness (QED) is 0.0657. The highest BCUT2D eigenvalue weighted by molar-refractivity contribution is 5.89. The summed E-state index contributed by atoms with van der Waals surface area (Å²) in [6.45, 7) is 2.93. The van der Waals surface area contributed by atoms with Crippen LogP contribution in [0, 0.1) is 11.7 Å². The van der Waals surface area contributed by atoms with Crippen LogP contribution in [0.2, 0.25) is 0 Å². The van der Waals surface area contributed by atoms with Gasteiger partial charge in [0, 0.05) is 17.9 Å². The van der Waals surface area contributed by atoms with Gasteiger partial charge in [-0.05, 0) is 70.5 Å². The first kappa shape index (κ1) is 48.1. The van der Waals surface area contributed by atoms with Crippen molar-refractivity contribution >= 4 is 17.7 Å². The number of nitrogens with zero attached hydrogens (tertiary/aromatic N) is 3. The zero-order valence-electron chi connectivity index (χ0n) is 35.2. The molecular formula is C43H57FN4O15. The molecule has 6 unspecified atom stereocenters. The standard InChI is InChI=1S/C43H57FN4O15/c1-4-10-30(40(55)56)59-38-34(52)32(21-49)61-43(39(38)62-41(57)23-11-6-5-7-12-23)60-31-19-25(29(50)15-9-16-45-3)18-28(37(31)63-42-36(54)35(53)33(51)22(2)58-42)48-20-27(46-47-48)24-13-8-14-26(44)17-24/h5-8,11-14,17,20,22,25,28,30-39,42-43,45,49,51-54H,4,9-10,15-16,18-19,21H2,1-3H3,(H,55,56)/t22?,25?,28?,30-,31+,32-,33+,34-,35-,36?,37+,38?,39?,42-,43+/m0/s1. The molecule has 346 valence electrons. The summed E-state index contributed by atoms with van der Waals surface area (Å²) in [6.07, 6.45) is -17.5. The summed E-state index contributed by atoms with van der Waals surface area (Å²) in [5, 5.41) is 76.2. The number of esters is 1. The van der Waals surface area contributed by atoms with Gasteiger partial charge in [0.1, 0.15) is 60.0 Å². The van der Waals surface area contributed by atoms with E-state index >= 15 is 0 Å². The Balaban J connectivity index is 1.45. The number of carboxylic acid groups (broad SMARTS) is 1. The lowest BCUT2D eigenvalue weighted by Gasteiger charge is -2.48. The summed E-state index contributed by atoms with van der Waals surface area (Å²) in [5.41, 5.74) is 0.736. The second-order valence-corrected chi connectivity index (χ2v) is 16.1. The second-order valence-electron chi connectivity index (χ2n) is 16.1. The molecule has 1 aliphatic carbocycles. The lowest BCUT2D eigenvalue weighted by atomic mass is 9.78. The molecule has 2 saturated heterocycles. The number of halogens is 1. The van der Waals surface area contributed by atoms with Gasteiger partial charge in [0.2, 0.25) is 0 Å². The van der Waals surface area contributed by atoms with Crippen LogP contribution in [0.1, 0.15) is 68.8 Å². The number of carbonyl (C=O) groups excluding carboxylic acids is 2. The Labute approximate surface area is 363 Å². The molecule has 15 atom stereocenters. The molecule has 6 rings (SSSR count). The number of ketones is 1. The molecule has 19 nitrogen and oxygen atoms in total. The predicted octanol–water partition coefficient (Wildman–Crippen LogP) is 1.14. The Kier molecular flexibility index (Phi) is 16.8. The molecule has 3 aromatic rings. The topological polar surface area (TPSA) is 271 Å². The minimum absolute atomic E-state index is 0.00381. The largest absolute Gasteiger partial charge is 0.479 e. The molecule has 0 bridgehead atoms. The number of benzene rings is 2. The summed E-state index contributed by atoms with van der Waals surface area (Å²) in [5.74, 6) is -3.71. The van der Waals surface area contributed by atoms with E-state index in [-0.39, 0.29) is 42.7 Å². The van der Waals surface area contributed by atoms with Gasteiger partial charge in [-0.1, -0.05) is 48.9 Å². The van der Waals surface area contributed by atoms with E-state index in [1.165, 1.54) is 48.1 Å². The molecule has 63 heavy (non-hydrogen) atoms. The molecule has 2 aromatic carbocycles. The first-order valence-corrected chi connectivity index (χ1v) is 21.2. The van der Waals surface area contributed by atoms with E-state index < -0.39 is 116 Å². The van der Waals surface area contributed by atoms with E-state index in [2.05, 4.69) is 15.6 Å². The summed E-state index contributed by atoms with van der Waals surface area (Å²) in [4.78, 5) is 40.2. The fourth-order valence-electron chi connectivity index (χ4n) is 8.23. The van der Waals surface area contributed by atoms with Crippen LogP contribution in [0.25, 0.3) is 11.3 Å². The smallest absolute Gasteiger partial charge is 0.338 e. The number of hydrogen-bond donors (Lipinski definition) is 7. The number of Topliss-reactive ketones (excluding diaryl/α,β-unsaturated/α-hetero) is 1. The van der Waals surface area contributed by atoms with Crippen LogP contribution in [0.3, 0.4) is 0 Å². The third-order valence-corrected chi connectivity index (χ3v) is 11.7. The van der Waals surface area contributed by atoms with Crippen LogP contribution < -0.4 is 5.32 Å². The van der Waals surface area contributed by atoms with Crippen molar-refractivity contribution in [3.63, 3.8) is 0 Å². The minimum atomic E-state index is -1.79. The zero-order valence-corrected chi connectivity index (χ0v) is 35.2. The van der Waals surface area contributed by atoms with E-state index in [1.807, 2.05) is 0 Å². The summed E-state index contributed by atoms with van der Waals surface area (Å²) in [6, 6.07) is 12.5. The molecule has 1 saturated carbocycles. The van der Waals surface area contributed by atoms with Crippen molar-refractivity contribution in [2.75, 3.05) is 20.2 Å². The molecule has 3 aliphatic rings. The van der Waals surface area contributed by atoms with Gasteiger partial charge in [-0.2, -0.15) is 0 Å². The monoisotopic (exact) mass is 888 g/mol. The van der Waals surface area contributed by atoms with Gasteiger partial charge >= 0.3 is 11.9 Å². The Bertz CT molecular complexity index is 1960. The van der Waals surface area contributed by atoms with Gasteiger partial charge in [0.15, 0.2) is 24.8 Å². The molecule has 7 N–H and O–H groups in total.